The third kappa shape index (κ3) is 3.23. The Morgan fingerprint density at radius 1 is 1.08 bits per heavy atom. The Labute approximate surface area is 145 Å². The molecule has 0 bridgehead atoms. The topological polar surface area (TPSA) is 69.3 Å². The molecule has 0 atom stereocenters. The van der Waals surface area contributed by atoms with Gasteiger partial charge in [0.15, 0.2) is 11.5 Å². The van der Waals surface area contributed by atoms with E-state index in [1.807, 2.05) is 18.2 Å². The number of hydrogen-bond donors (Lipinski definition) is 1. The van der Waals surface area contributed by atoms with Crippen LogP contribution in [0.3, 0.4) is 0 Å². The highest BCUT2D eigenvalue weighted by Crippen LogP contribution is 2.37. The molecule has 0 aliphatic carbocycles. The second-order valence-corrected chi connectivity index (χ2v) is 6.34. The van der Waals surface area contributed by atoms with Crippen LogP contribution in [-0.4, -0.2) is 37.9 Å². The van der Waals surface area contributed by atoms with E-state index in [1.165, 1.54) is 16.7 Å². The van der Waals surface area contributed by atoms with Crippen LogP contribution in [0.4, 0.5) is 11.4 Å². The lowest BCUT2D eigenvalue weighted by Crippen LogP contribution is -3.13. The van der Waals surface area contributed by atoms with Crippen molar-refractivity contribution in [2.24, 2.45) is 0 Å². The molecule has 130 valence electrons. The van der Waals surface area contributed by atoms with E-state index in [2.05, 4.69) is 17.0 Å². The maximum absolute atomic E-state index is 11.4. The summed E-state index contributed by atoms with van der Waals surface area (Å²) in [6.45, 7) is 4.52. The van der Waals surface area contributed by atoms with E-state index < -0.39 is 0 Å². The van der Waals surface area contributed by atoms with E-state index >= 15 is 0 Å². The van der Waals surface area contributed by atoms with Crippen LogP contribution in [-0.2, 0) is 6.54 Å². The first kappa shape index (κ1) is 15.7. The zero-order valence-corrected chi connectivity index (χ0v) is 13.8. The first-order valence-electron chi connectivity index (χ1n) is 8.41. The molecule has 2 aliphatic heterocycles. The fourth-order valence-electron chi connectivity index (χ4n) is 3.45. The maximum atomic E-state index is 11.4. The Morgan fingerprint density at radius 2 is 1.76 bits per heavy atom. The van der Waals surface area contributed by atoms with Gasteiger partial charge in [0, 0.05) is 5.69 Å². The zero-order chi connectivity index (χ0) is 17.2. The summed E-state index contributed by atoms with van der Waals surface area (Å²) in [5.41, 5.74) is 2.05. The van der Waals surface area contributed by atoms with Gasteiger partial charge in [0.25, 0.3) is 5.69 Å². The molecule has 4 rings (SSSR count). The number of nitro benzene ring substituents is 1. The van der Waals surface area contributed by atoms with Crippen LogP contribution in [0.1, 0.15) is 5.56 Å². The molecule has 2 aromatic carbocycles. The van der Waals surface area contributed by atoms with Crippen LogP contribution >= 0.6 is 0 Å². The summed E-state index contributed by atoms with van der Waals surface area (Å²) >= 11 is 0. The predicted molar refractivity (Wildman–Crippen MR) is 92.3 cm³/mol. The molecule has 7 heteroatoms. The minimum absolute atomic E-state index is 0.113. The smallest absolute Gasteiger partial charge is 0.282 e. The number of hydrogen-bond acceptors (Lipinski definition) is 5. The molecule has 1 fully saturated rings. The van der Waals surface area contributed by atoms with E-state index in [-0.39, 0.29) is 17.4 Å². The van der Waals surface area contributed by atoms with Crippen molar-refractivity contribution in [1.82, 2.24) is 0 Å². The van der Waals surface area contributed by atoms with Crippen LogP contribution in [0.5, 0.6) is 11.5 Å². The number of quaternary nitrogens is 1. The third-order valence-corrected chi connectivity index (χ3v) is 4.80. The van der Waals surface area contributed by atoms with E-state index in [9.17, 15) is 10.1 Å². The molecule has 0 aromatic heterocycles. The highest BCUT2D eigenvalue weighted by molar-refractivity contribution is 5.55. The lowest BCUT2D eigenvalue weighted by Gasteiger charge is -2.33. The molecule has 0 amide bonds. The fourth-order valence-corrected chi connectivity index (χ4v) is 3.45. The SMILES string of the molecule is O=[N+]([O-])c1cc2c(cc1C[NH+]1CCN(c3ccccc3)CC1)OCO2. The van der Waals surface area contributed by atoms with Crippen LogP contribution in [0.25, 0.3) is 0 Å². The molecule has 25 heavy (non-hydrogen) atoms. The number of nitrogens with one attached hydrogen (secondary N) is 1. The summed E-state index contributed by atoms with van der Waals surface area (Å²) < 4.78 is 10.6. The summed E-state index contributed by atoms with van der Waals surface area (Å²) in [5, 5.41) is 11.4. The van der Waals surface area contributed by atoms with Crippen molar-refractivity contribution in [1.29, 1.82) is 0 Å². The molecule has 7 nitrogen and oxygen atoms in total. The van der Waals surface area contributed by atoms with Gasteiger partial charge in [0.2, 0.25) is 6.79 Å². The zero-order valence-electron chi connectivity index (χ0n) is 13.8. The second-order valence-electron chi connectivity index (χ2n) is 6.34. The molecular weight excluding hydrogens is 322 g/mol. The fraction of sp³-hybridized carbons (Fsp3) is 0.333. The van der Waals surface area contributed by atoms with Gasteiger partial charge in [-0.15, -0.1) is 0 Å². The minimum atomic E-state index is -0.336. The maximum Gasteiger partial charge on any atom is 0.282 e. The normalized spacial score (nSPS) is 16.9. The van der Waals surface area contributed by atoms with Crippen LogP contribution in [0.2, 0.25) is 0 Å². The summed E-state index contributed by atoms with van der Waals surface area (Å²) in [7, 11) is 0. The Balaban J connectivity index is 1.46. The Bertz CT molecular complexity index is 773. The van der Waals surface area contributed by atoms with E-state index in [0.717, 1.165) is 26.2 Å². The highest BCUT2D eigenvalue weighted by Gasteiger charge is 2.27. The molecule has 0 radical (unpaired) electrons. The molecule has 0 spiro atoms. The Kier molecular flexibility index (Phi) is 4.15. The molecule has 0 unspecified atom stereocenters. The molecule has 2 aliphatic rings. The van der Waals surface area contributed by atoms with Gasteiger partial charge in [0.1, 0.15) is 6.54 Å². The summed E-state index contributed by atoms with van der Waals surface area (Å²) in [6, 6.07) is 13.6. The van der Waals surface area contributed by atoms with Crippen molar-refractivity contribution in [3.05, 3.63) is 58.1 Å². The van der Waals surface area contributed by atoms with Gasteiger partial charge in [-0.2, -0.15) is 0 Å². The van der Waals surface area contributed by atoms with Gasteiger partial charge >= 0.3 is 0 Å². The number of para-hydroxylation sites is 1. The number of anilines is 1. The van der Waals surface area contributed by atoms with E-state index in [4.69, 9.17) is 9.47 Å². The summed E-state index contributed by atoms with van der Waals surface area (Å²) in [4.78, 5) is 14.8. The average Bonchev–Trinajstić information content (AvgIpc) is 3.10. The van der Waals surface area contributed by atoms with E-state index in [1.54, 1.807) is 6.07 Å². The summed E-state index contributed by atoms with van der Waals surface area (Å²) in [5.74, 6) is 1.06. The van der Waals surface area contributed by atoms with Crippen molar-refractivity contribution in [2.75, 3.05) is 37.9 Å². The van der Waals surface area contributed by atoms with Crippen molar-refractivity contribution in [3.8, 4) is 11.5 Å². The van der Waals surface area contributed by atoms with Crippen molar-refractivity contribution in [3.63, 3.8) is 0 Å². The first-order valence-corrected chi connectivity index (χ1v) is 8.41. The molecule has 1 N–H and O–H groups in total. The molecular formula is C18H20N3O4+. The van der Waals surface area contributed by atoms with Gasteiger partial charge in [-0.25, -0.2) is 0 Å². The van der Waals surface area contributed by atoms with E-state index in [0.29, 0.717) is 23.6 Å². The second kappa shape index (κ2) is 6.60. The van der Waals surface area contributed by atoms with Gasteiger partial charge in [-0.1, -0.05) is 18.2 Å². The number of ether oxygens (including phenoxy) is 2. The summed E-state index contributed by atoms with van der Waals surface area (Å²) in [6.07, 6.45) is 0. The highest BCUT2D eigenvalue weighted by atomic mass is 16.7. The predicted octanol–water partition coefficient (Wildman–Crippen LogP) is 1.23. The third-order valence-electron chi connectivity index (χ3n) is 4.80. The number of piperazine rings is 1. The average molecular weight is 342 g/mol. The van der Waals surface area contributed by atoms with Crippen molar-refractivity contribution in [2.45, 2.75) is 6.54 Å². The number of fused-ring (bicyclic) bond motifs is 1. The lowest BCUT2D eigenvalue weighted by molar-refractivity contribution is -0.914. The number of nitrogens with zero attached hydrogens (tertiary/aromatic N) is 2. The van der Waals surface area contributed by atoms with Gasteiger partial charge in [-0.3, -0.25) is 10.1 Å². The standard InChI is InChI=1S/C18H19N3O4/c22-21(23)16-11-18-17(24-13-25-18)10-14(16)12-19-6-8-20(9-7-19)15-4-2-1-3-5-15/h1-5,10-11H,6-9,12-13H2/p+1. The lowest BCUT2D eigenvalue weighted by atomic mass is 10.1. The molecule has 2 heterocycles. The number of benzene rings is 2. The monoisotopic (exact) mass is 342 g/mol. The van der Waals surface area contributed by atoms with Gasteiger partial charge < -0.3 is 19.3 Å². The Hall–Kier alpha value is -2.80. The van der Waals surface area contributed by atoms with Gasteiger partial charge in [-0.05, 0) is 18.2 Å². The van der Waals surface area contributed by atoms with Crippen LogP contribution in [0, 0.1) is 10.1 Å². The van der Waals surface area contributed by atoms with Crippen molar-refractivity contribution < 1.29 is 19.3 Å². The van der Waals surface area contributed by atoms with Crippen LogP contribution in [0.15, 0.2) is 42.5 Å². The number of nitro groups is 1. The minimum Gasteiger partial charge on any atom is -0.454 e. The molecule has 1 saturated heterocycles. The molecule has 2 aromatic rings. The van der Waals surface area contributed by atoms with Crippen molar-refractivity contribution >= 4 is 11.4 Å². The van der Waals surface area contributed by atoms with Gasteiger partial charge in [0.05, 0.1) is 42.7 Å². The number of rotatable bonds is 4. The largest absolute Gasteiger partial charge is 0.454 e. The van der Waals surface area contributed by atoms with Crippen LogP contribution < -0.4 is 19.3 Å². The molecule has 0 saturated carbocycles. The first-order chi connectivity index (χ1) is 12.2. The quantitative estimate of drug-likeness (QED) is 0.669. The Morgan fingerprint density at radius 3 is 2.44 bits per heavy atom.